The highest BCUT2D eigenvalue weighted by molar-refractivity contribution is 6.01. The molecule has 0 radical (unpaired) electrons. The lowest BCUT2D eigenvalue weighted by atomic mass is 9.89. The van der Waals surface area contributed by atoms with E-state index in [2.05, 4.69) is 50.1 Å². The fourth-order valence-corrected chi connectivity index (χ4v) is 4.18. The number of piperidine rings is 1. The molecule has 6 heteroatoms. The van der Waals surface area contributed by atoms with Gasteiger partial charge in [0.1, 0.15) is 5.69 Å². The summed E-state index contributed by atoms with van der Waals surface area (Å²) in [6.07, 6.45) is 4.41. The average Bonchev–Trinajstić information content (AvgIpc) is 3.24. The monoisotopic (exact) mass is 397 g/mol. The number of carbonyl (C=O) groups excluding carboxylic acids is 1. The second-order valence-corrected chi connectivity index (χ2v) is 7.74. The van der Waals surface area contributed by atoms with E-state index < -0.39 is 0 Å². The van der Waals surface area contributed by atoms with E-state index >= 15 is 0 Å². The fourth-order valence-electron chi connectivity index (χ4n) is 4.18. The molecule has 0 spiro atoms. The predicted molar refractivity (Wildman–Crippen MR) is 117 cm³/mol. The van der Waals surface area contributed by atoms with Gasteiger partial charge in [0.25, 0.3) is 5.91 Å². The molecular formula is C24H23N5O. The van der Waals surface area contributed by atoms with Crippen molar-refractivity contribution >= 4 is 16.8 Å². The predicted octanol–water partition coefficient (Wildman–Crippen LogP) is 3.50. The second kappa shape index (κ2) is 8.08. The highest BCUT2D eigenvalue weighted by atomic mass is 16.1. The van der Waals surface area contributed by atoms with Crippen molar-refractivity contribution in [1.82, 2.24) is 25.8 Å². The molecule has 2 atom stereocenters. The van der Waals surface area contributed by atoms with Crippen LogP contribution < -0.4 is 10.6 Å². The lowest BCUT2D eigenvalue weighted by molar-refractivity contribution is 0.0928. The number of H-pyrrole nitrogens is 1. The van der Waals surface area contributed by atoms with Gasteiger partial charge in [-0.25, -0.2) is 0 Å². The van der Waals surface area contributed by atoms with Crippen LogP contribution in [-0.2, 0) is 0 Å². The molecule has 0 bridgehead atoms. The van der Waals surface area contributed by atoms with E-state index in [0.29, 0.717) is 11.5 Å². The molecule has 1 amide bonds. The summed E-state index contributed by atoms with van der Waals surface area (Å²) in [5.41, 5.74) is 4.65. The van der Waals surface area contributed by atoms with Gasteiger partial charge in [0.15, 0.2) is 0 Å². The third-order valence-electron chi connectivity index (χ3n) is 5.74. The summed E-state index contributed by atoms with van der Waals surface area (Å²) in [5, 5.41) is 15.1. The highest BCUT2D eigenvalue weighted by Gasteiger charge is 2.24. The molecule has 1 saturated heterocycles. The second-order valence-electron chi connectivity index (χ2n) is 7.74. The topological polar surface area (TPSA) is 82.7 Å². The molecule has 0 saturated carbocycles. The maximum Gasteiger partial charge on any atom is 0.251 e. The average molecular weight is 397 g/mol. The van der Waals surface area contributed by atoms with Crippen LogP contribution in [0.1, 0.15) is 28.3 Å². The van der Waals surface area contributed by atoms with E-state index in [9.17, 15) is 4.79 Å². The standard InChI is InChI=1S/C24H23N5O/c30-24(27-20-12-19(14-26-15-20)16-4-2-1-3-5-16)18-6-7-22-21(13-18)23(29-28-22)17-8-10-25-11-9-17/h1-11,13,19-20,26H,12,14-15H2,(H,27,30)(H,28,29)/t19-,20+/m1/s1. The van der Waals surface area contributed by atoms with Crippen molar-refractivity contribution in [3.8, 4) is 11.3 Å². The van der Waals surface area contributed by atoms with Gasteiger partial charge >= 0.3 is 0 Å². The van der Waals surface area contributed by atoms with Gasteiger partial charge in [0.05, 0.1) is 5.52 Å². The lowest BCUT2D eigenvalue weighted by Crippen LogP contribution is -2.48. The van der Waals surface area contributed by atoms with E-state index in [4.69, 9.17) is 0 Å². The number of fused-ring (bicyclic) bond motifs is 1. The Kier molecular flexibility index (Phi) is 4.99. The summed E-state index contributed by atoms with van der Waals surface area (Å²) in [6.45, 7) is 1.72. The Morgan fingerprint density at radius 1 is 1.00 bits per heavy atom. The molecule has 3 heterocycles. The SMILES string of the molecule is O=C(N[C@@H]1CNC[C@H](c2ccccc2)C1)c1ccc2[nH]nc(-c3ccncc3)c2c1. The Morgan fingerprint density at radius 3 is 2.67 bits per heavy atom. The van der Waals surface area contributed by atoms with Gasteiger partial charge in [-0.05, 0) is 48.2 Å². The number of aromatic nitrogens is 3. The van der Waals surface area contributed by atoms with Gasteiger partial charge < -0.3 is 10.6 Å². The first-order valence-electron chi connectivity index (χ1n) is 10.2. The third-order valence-corrected chi connectivity index (χ3v) is 5.74. The van der Waals surface area contributed by atoms with Crippen LogP contribution in [0.2, 0.25) is 0 Å². The molecule has 150 valence electrons. The van der Waals surface area contributed by atoms with Crippen LogP contribution in [0.15, 0.2) is 73.1 Å². The summed E-state index contributed by atoms with van der Waals surface area (Å²) in [5.74, 6) is 0.346. The summed E-state index contributed by atoms with van der Waals surface area (Å²) in [4.78, 5) is 17.1. The molecule has 1 aliphatic heterocycles. The summed E-state index contributed by atoms with van der Waals surface area (Å²) in [6, 6.07) is 20.1. The number of nitrogens with one attached hydrogen (secondary N) is 3. The van der Waals surface area contributed by atoms with Crippen molar-refractivity contribution in [2.24, 2.45) is 0 Å². The van der Waals surface area contributed by atoms with Crippen LogP contribution in [0.5, 0.6) is 0 Å². The molecule has 5 rings (SSSR count). The number of carbonyl (C=O) groups is 1. The first kappa shape index (κ1) is 18.5. The summed E-state index contributed by atoms with van der Waals surface area (Å²) < 4.78 is 0. The van der Waals surface area contributed by atoms with Gasteiger partial charge in [0.2, 0.25) is 0 Å². The summed E-state index contributed by atoms with van der Waals surface area (Å²) in [7, 11) is 0. The summed E-state index contributed by atoms with van der Waals surface area (Å²) >= 11 is 0. The van der Waals surface area contributed by atoms with Gasteiger partial charge in [-0.1, -0.05) is 30.3 Å². The Bertz CT molecular complexity index is 1160. The van der Waals surface area contributed by atoms with E-state index in [1.54, 1.807) is 12.4 Å². The van der Waals surface area contributed by atoms with Gasteiger partial charge in [-0.3, -0.25) is 14.9 Å². The Labute approximate surface area is 174 Å². The van der Waals surface area contributed by atoms with Gasteiger partial charge in [0, 0.05) is 48.0 Å². The molecule has 2 aromatic heterocycles. The third kappa shape index (κ3) is 3.69. The van der Waals surface area contributed by atoms with Crippen molar-refractivity contribution < 1.29 is 4.79 Å². The van der Waals surface area contributed by atoms with Crippen LogP contribution in [0, 0.1) is 0 Å². The molecule has 30 heavy (non-hydrogen) atoms. The molecule has 3 N–H and O–H groups in total. The number of rotatable bonds is 4. The zero-order chi connectivity index (χ0) is 20.3. The molecule has 1 aliphatic rings. The Hall–Kier alpha value is -3.51. The number of hydrogen-bond donors (Lipinski definition) is 3. The van der Waals surface area contributed by atoms with E-state index in [1.807, 2.05) is 36.4 Å². The fraction of sp³-hybridized carbons (Fsp3) is 0.208. The van der Waals surface area contributed by atoms with Crippen LogP contribution in [0.4, 0.5) is 0 Å². The van der Waals surface area contributed by atoms with Crippen LogP contribution in [0.3, 0.4) is 0 Å². The Morgan fingerprint density at radius 2 is 1.83 bits per heavy atom. The number of hydrogen-bond acceptors (Lipinski definition) is 4. The number of pyridine rings is 1. The Balaban J connectivity index is 1.35. The largest absolute Gasteiger partial charge is 0.348 e. The van der Waals surface area contributed by atoms with E-state index in [1.165, 1.54) is 5.56 Å². The molecule has 6 nitrogen and oxygen atoms in total. The first-order valence-corrected chi connectivity index (χ1v) is 10.2. The van der Waals surface area contributed by atoms with Gasteiger partial charge in [-0.15, -0.1) is 0 Å². The highest BCUT2D eigenvalue weighted by Crippen LogP contribution is 2.27. The number of aromatic amines is 1. The van der Waals surface area contributed by atoms with Crippen LogP contribution >= 0.6 is 0 Å². The van der Waals surface area contributed by atoms with Crippen LogP contribution in [-0.4, -0.2) is 40.2 Å². The molecule has 0 unspecified atom stereocenters. The zero-order valence-corrected chi connectivity index (χ0v) is 16.5. The van der Waals surface area contributed by atoms with E-state index in [0.717, 1.165) is 41.7 Å². The van der Waals surface area contributed by atoms with Crippen molar-refractivity contribution in [3.05, 3.63) is 84.2 Å². The first-order chi connectivity index (χ1) is 14.8. The minimum atomic E-state index is -0.0562. The maximum absolute atomic E-state index is 13.0. The maximum atomic E-state index is 13.0. The smallest absolute Gasteiger partial charge is 0.251 e. The van der Waals surface area contributed by atoms with Crippen molar-refractivity contribution in [3.63, 3.8) is 0 Å². The molecule has 2 aromatic carbocycles. The normalized spacial score (nSPS) is 18.9. The van der Waals surface area contributed by atoms with Crippen LogP contribution in [0.25, 0.3) is 22.2 Å². The minimum Gasteiger partial charge on any atom is -0.348 e. The molecule has 4 aromatic rings. The quantitative estimate of drug-likeness (QED) is 0.492. The van der Waals surface area contributed by atoms with Gasteiger partial charge in [-0.2, -0.15) is 5.10 Å². The zero-order valence-electron chi connectivity index (χ0n) is 16.5. The number of nitrogens with zero attached hydrogens (tertiary/aromatic N) is 2. The molecule has 1 fully saturated rings. The molecular weight excluding hydrogens is 374 g/mol. The van der Waals surface area contributed by atoms with Crippen molar-refractivity contribution in [2.45, 2.75) is 18.4 Å². The van der Waals surface area contributed by atoms with Crippen molar-refractivity contribution in [2.75, 3.05) is 13.1 Å². The lowest BCUT2D eigenvalue weighted by Gasteiger charge is -2.31. The number of amides is 1. The van der Waals surface area contributed by atoms with E-state index in [-0.39, 0.29) is 11.9 Å². The van der Waals surface area contributed by atoms with Crippen molar-refractivity contribution in [1.29, 1.82) is 0 Å². The number of benzene rings is 2. The minimum absolute atomic E-state index is 0.0562. The molecule has 0 aliphatic carbocycles.